The molecule has 0 heterocycles. The Morgan fingerprint density at radius 1 is 0.955 bits per heavy atom. The van der Waals surface area contributed by atoms with E-state index in [2.05, 4.69) is 0 Å². The highest BCUT2D eigenvalue weighted by Gasteiger charge is 2.31. The van der Waals surface area contributed by atoms with Crippen LogP contribution in [0.4, 0.5) is 0 Å². The van der Waals surface area contributed by atoms with Gasteiger partial charge in [0.15, 0.2) is 5.78 Å². The van der Waals surface area contributed by atoms with Gasteiger partial charge in [0.1, 0.15) is 5.60 Å². The van der Waals surface area contributed by atoms with Crippen molar-refractivity contribution in [3.05, 3.63) is 71.8 Å². The van der Waals surface area contributed by atoms with Crippen molar-refractivity contribution in [1.82, 2.24) is 0 Å². The monoisotopic (exact) mass is 298 g/mol. The lowest BCUT2D eigenvalue weighted by Gasteiger charge is -2.21. The van der Waals surface area contributed by atoms with Crippen LogP contribution in [0, 0.1) is 0 Å². The summed E-state index contributed by atoms with van der Waals surface area (Å²) in [6, 6.07) is 17.1. The molecule has 2 aromatic rings. The number of ether oxygens (including phenoxy) is 1. The van der Waals surface area contributed by atoms with Crippen LogP contribution in [0.2, 0.25) is 0 Å². The van der Waals surface area contributed by atoms with Crippen LogP contribution in [0.5, 0.6) is 0 Å². The number of ketones is 1. The fraction of sp³-hybridized carbons (Fsp3) is 0.222. The molecule has 0 fully saturated rings. The maximum absolute atomic E-state index is 12.2. The normalized spacial score (nSPS) is 13.2. The van der Waals surface area contributed by atoms with Gasteiger partial charge in [0, 0.05) is 12.0 Å². The van der Waals surface area contributed by atoms with E-state index >= 15 is 0 Å². The van der Waals surface area contributed by atoms with Gasteiger partial charge in [0.2, 0.25) is 0 Å². The smallest absolute Gasteiger partial charge is 0.338 e. The van der Waals surface area contributed by atoms with Crippen LogP contribution < -0.4 is 0 Å². The second-order valence-corrected chi connectivity index (χ2v) is 5.22. The first kappa shape index (κ1) is 15.9. The maximum Gasteiger partial charge on any atom is 0.338 e. The summed E-state index contributed by atoms with van der Waals surface area (Å²) in [5, 5.41) is 10.3. The molecule has 1 atom stereocenters. The molecule has 0 aliphatic heterocycles. The number of hydrogen-bond donors (Lipinski definition) is 1. The number of benzene rings is 2. The van der Waals surface area contributed by atoms with Gasteiger partial charge in [0.25, 0.3) is 0 Å². The molecule has 2 rings (SSSR count). The summed E-state index contributed by atoms with van der Waals surface area (Å²) in [5.41, 5.74) is -0.698. The molecule has 0 aliphatic rings. The Morgan fingerprint density at radius 2 is 1.45 bits per heavy atom. The summed E-state index contributed by atoms with van der Waals surface area (Å²) in [4.78, 5) is 24.0. The Morgan fingerprint density at radius 3 is 2.00 bits per heavy atom. The van der Waals surface area contributed by atoms with E-state index in [4.69, 9.17) is 4.74 Å². The Balaban J connectivity index is 1.90. The molecule has 0 amide bonds. The molecule has 22 heavy (non-hydrogen) atoms. The summed E-state index contributed by atoms with van der Waals surface area (Å²) in [5.74, 6) is -0.854. The van der Waals surface area contributed by atoms with Gasteiger partial charge in [-0.1, -0.05) is 48.5 Å². The lowest BCUT2D eigenvalue weighted by atomic mass is 9.92. The van der Waals surface area contributed by atoms with E-state index in [0.29, 0.717) is 11.1 Å². The van der Waals surface area contributed by atoms with Crippen LogP contribution in [0.15, 0.2) is 60.7 Å². The molecular weight excluding hydrogens is 280 g/mol. The maximum atomic E-state index is 12.2. The first-order valence-electron chi connectivity index (χ1n) is 7.05. The van der Waals surface area contributed by atoms with Gasteiger partial charge < -0.3 is 9.84 Å². The summed E-state index contributed by atoms with van der Waals surface area (Å²) >= 11 is 0. The average molecular weight is 298 g/mol. The number of carbonyl (C=O) groups is 2. The Bertz CT molecular complexity index is 633. The van der Waals surface area contributed by atoms with Gasteiger partial charge in [-0.05, 0) is 19.1 Å². The van der Waals surface area contributed by atoms with Crippen molar-refractivity contribution in [2.24, 2.45) is 0 Å². The zero-order chi connectivity index (χ0) is 16.0. The highest BCUT2D eigenvalue weighted by Crippen LogP contribution is 2.17. The van der Waals surface area contributed by atoms with Crippen LogP contribution >= 0.6 is 0 Å². The molecule has 4 heteroatoms. The number of rotatable bonds is 6. The third kappa shape index (κ3) is 4.02. The Kier molecular flexibility index (Phi) is 5.07. The number of Topliss-reactive ketones (excluding diaryl/α,β-unsaturated/α-hetero) is 1. The molecule has 0 aromatic heterocycles. The average Bonchev–Trinajstić information content (AvgIpc) is 2.55. The number of esters is 1. The molecule has 0 bridgehead atoms. The standard InChI is InChI=1S/C18H18O4/c1-18(21,16(19)14-8-4-2-5-9-14)12-13-22-17(20)15-10-6-3-7-11-15/h2-11,21H,12-13H2,1H3. The lowest BCUT2D eigenvalue weighted by molar-refractivity contribution is 0.0166. The van der Waals surface area contributed by atoms with E-state index < -0.39 is 11.6 Å². The predicted molar refractivity (Wildman–Crippen MR) is 82.7 cm³/mol. The largest absolute Gasteiger partial charge is 0.462 e. The van der Waals surface area contributed by atoms with Crippen molar-refractivity contribution in [3.63, 3.8) is 0 Å². The fourth-order valence-electron chi connectivity index (χ4n) is 2.01. The summed E-state index contributed by atoms with van der Waals surface area (Å²) in [7, 11) is 0. The van der Waals surface area contributed by atoms with Gasteiger partial charge in [-0.2, -0.15) is 0 Å². The van der Waals surface area contributed by atoms with Gasteiger partial charge >= 0.3 is 5.97 Å². The molecular formula is C18H18O4. The minimum atomic E-state index is -1.57. The Hall–Kier alpha value is -2.46. The molecule has 2 aromatic carbocycles. The van der Waals surface area contributed by atoms with Gasteiger partial charge in [-0.25, -0.2) is 4.79 Å². The summed E-state index contributed by atoms with van der Waals surface area (Å²) < 4.78 is 5.10. The second kappa shape index (κ2) is 7.00. The van der Waals surface area contributed by atoms with Crippen molar-refractivity contribution in [2.45, 2.75) is 18.9 Å². The van der Waals surface area contributed by atoms with Crippen molar-refractivity contribution >= 4 is 11.8 Å². The third-order valence-electron chi connectivity index (χ3n) is 3.36. The van der Waals surface area contributed by atoms with Crippen LogP contribution in [-0.2, 0) is 4.74 Å². The quantitative estimate of drug-likeness (QED) is 0.658. The molecule has 0 aliphatic carbocycles. The van der Waals surface area contributed by atoms with Crippen LogP contribution in [0.25, 0.3) is 0 Å². The van der Waals surface area contributed by atoms with Gasteiger partial charge in [-0.15, -0.1) is 0 Å². The van der Waals surface area contributed by atoms with E-state index in [9.17, 15) is 14.7 Å². The molecule has 1 N–H and O–H groups in total. The summed E-state index contributed by atoms with van der Waals surface area (Å²) in [6.45, 7) is 1.40. The number of aliphatic hydroxyl groups is 1. The molecule has 0 spiro atoms. The molecule has 114 valence electrons. The van der Waals surface area contributed by atoms with E-state index in [1.165, 1.54) is 6.92 Å². The van der Waals surface area contributed by atoms with E-state index in [1.54, 1.807) is 60.7 Å². The molecule has 0 radical (unpaired) electrons. The zero-order valence-electron chi connectivity index (χ0n) is 12.4. The molecule has 4 nitrogen and oxygen atoms in total. The van der Waals surface area contributed by atoms with Crippen molar-refractivity contribution in [1.29, 1.82) is 0 Å². The van der Waals surface area contributed by atoms with Crippen LogP contribution in [0.1, 0.15) is 34.1 Å². The third-order valence-corrected chi connectivity index (χ3v) is 3.36. The first-order chi connectivity index (χ1) is 10.5. The first-order valence-corrected chi connectivity index (χ1v) is 7.05. The highest BCUT2D eigenvalue weighted by atomic mass is 16.5. The highest BCUT2D eigenvalue weighted by molar-refractivity contribution is 6.02. The van der Waals surface area contributed by atoms with Crippen LogP contribution in [-0.4, -0.2) is 29.1 Å². The molecule has 0 saturated heterocycles. The topological polar surface area (TPSA) is 63.6 Å². The predicted octanol–water partition coefficient (Wildman–Crippen LogP) is 2.87. The SMILES string of the molecule is CC(O)(CCOC(=O)c1ccccc1)C(=O)c1ccccc1. The minimum absolute atomic E-state index is 0.0285. The Labute approximate surface area is 129 Å². The molecule has 0 saturated carbocycles. The zero-order valence-corrected chi connectivity index (χ0v) is 12.4. The second-order valence-electron chi connectivity index (χ2n) is 5.22. The lowest BCUT2D eigenvalue weighted by Crippen LogP contribution is -2.36. The van der Waals surface area contributed by atoms with E-state index in [-0.39, 0.29) is 18.8 Å². The minimum Gasteiger partial charge on any atom is -0.462 e. The summed E-state index contributed by atoms with van der Waals surface area (Å²) in [6.07, 6.45) is 0.0410. The van der Waals surface area contributed by atoms with Crippen LogP contribution in [0.3, 0.4) is 0 Å². The van der Waals surface area contributed by atoms with E-state index in [1.807, 2.05) is 0 Å². The van der Waals surface area contributed by atoms with Crippen molar-refractivity contribution < 1.29 is 19.4 Å². The van der Waals surface area contributed by atoms with E-state index in [0.717, 1.165) is 0 Å². The van der Waals surface area contributed by atoms with Gasteiger partial charge in [-0.3, -0.25) is 4.79 Å². The van der Waals surface area contributed by atoms with Crippen molar-refractivity contribution in [2.75, 3.05) is 6.61 Å². The number of carbonyl (C=O) groups excluding carboxylic acids is 2. The van der Waals surface area contributed by atoms with Crippen molar-refractivity contribution in [3.8, 4) is 0 Å². The van der Waals surface area contributed by atoms with Gasteiger partial charge in [0.05, 0.1) is 12.2 Å². The fourth-order valence-corrected chi connectivity index (χ4v) is 2.01. The molecule has 1 unspecified atom stereocenters. The number of hydrogen-bond acceptors (Lipinski definition) is 4.